The quantitative estimate of drug-likeness (QED) is 0.472. The number of ether oxygens (including phenoxy) is 1. The largest absolute Gasteiger partial charge is 0.493 e. The zero-order valence-corrected chi connectivity index (χ0v) is 16.9. The number of alkyl halides is 3. The molecule has 0 saturated carbocycles. The van der Waals surface area contributed by atoms with Crippen LogP contribution in [0.5, 0.6) is 5.75 Å². The predicted molar refractivity (Wildman–Crippen MR) is 112 cm³/mol. The molecule has 2 N–H and O–H groups in total. The van der Waals surface area contributed by atoms with Gasteiger partial charge >= 0.3 is 6.18 Å². The monoisotopic (exact) mass is 416 g/mol. The number of aromatic nitrogens is 2. The summed E-state index contributed by atoms with van der Waals surface area (Å²) in [4.78, 5) is 7.89. The summed E-state index contributed by atoms with van der Waals surface area (Å²) in [6.07, 6.45) is -3.81. The van der Waals surface area contributed by atoms with Gasteiger partial charge in [-0.15, -0.1) is 0 Å². The molecule has 3 rings (SSSR count). The van der Waals surface area contributed by atoms with Crippen molar-refractivity contribution < 1.29 is 17.9 Å². The van der Waals surface area contributed by atoms with Crippen LogP contribution in [0.1, 0.15) is 25.0 Å². The fourth-order valence-corrected chi connectivity index (χ4v) is 2.63. The Labute approximate surface area is 173 Å². The number of aryl methyl sites for hydroxylation is 1. The topological polar surface area (TPSA) is 59.1 Å². The molecular weight excluding hydrogens is 393 g/mol. The number of nitrogens with zero attached hydrogens (tertiary/aromatic N) is 2. The van der Waals surface area contributed by atoms with E-state index in [2.05, 4.69) is 34.4 Å². The summed E-state index contributed by atoms with van der Waals surface area (Å²) in [6.45, 7) is 6.57. The van der Waals surface area contributed by atoms with Crippen molar-refractivity contribution in [1.29, 1.82) is 0 Å². The smallest absolute Gasteiger partial charge is 0.421 e. The highest BCUT2D eigenvalue weighted by molar-refractivity contribution is 5.63. The minimum absolute atomic E-state index is 0.0500. The van der Waals surface area contributed by atoms with E-state index >= 15 is 0 Å². The SMILES string of the molecule is Cc1cccc(Nc2nc(Nc3ccc(OCC(C)C)cc3)ncc2C(F)(F)F)c1. The maximum Gasteiger partial charge on any atom is 0.421 e. The number of rotatable bonds is 7. The fraction of sp³-hybridized carbons (Fsp3) is 0.273. The Balaban J connectivity index is 1.82. The van der Waals surface area contributed by atoms with Gasteiger partial charge in [-0.3, -0.25) is 0 Å². The molecule has 30 heavy (non-hydrogen) atoms. The van der Waals surface area contributed by atoms with Gasteiger partial charge in [0.1, 0.15) is 17.1 Å². The van der Waals surface area contributed by atoms with Crippen LogP contribution in [0.15, 0.2) is 54.7 Å². The van der Waals surface area contributed by atoms with Crippen molar-refractivity contribution in [3.8, 4) is 5.75 Å². The maximum absolute atomic E-state index is 13.4. The molecule has 1 heterocycles. The van der Waals surface area contributed by atoms with Gasteiger partial charge in [-0.05, 0) is 54.8 Å². The lowest BCUT2D eigenvalue weighted by molar-refractivity contribution is -0.137. The van der Waals surface area contributed by atoms with Crippen molar-refractivity contribution in [3.05, 3.63) is 65.9 Å². The Bertz CT molecular complexity index is 988. The zero-order valence-electron chi connectivity index (χ0n) is 16.9. The molecule has 1 aromatic heterocycles. The molecule has 0 aliphatic heterocycles. The molecule has 3 aromatic rings. The van der Waals surface area contributed by atoms with E-state index in [1.54, 1.807) is 42.5 Å². The second kappa shape index (κ2) is 9.02. The Morgan fingerprint density at radius 3 is 2.37 bits per heavy atom. The molecule has 8 heteroatoms. The van der Waals surface area contributed by atoms with Gasteiger partial charge < -0.3 is 15.4 Å². The molecule has 0 unspecified atom stereocenters. The Morgan fingerprint density at radius 1 is 1.00 bits per heavy atom. The molecule has 0 atom stereocenters. The second-order valence-corrected chi connectivity index (χ2v) is 7.30. The van der Waals surface area contributed by atoms with E-state index < -0.39 is 11.7 Å². The van der Waals surface area contributed by atoms with Gasteiger partial charge in [0.25, 0.3) is 0 Å². The lowest BCUT2D eigenvalue weighted by Gasteiger charge is -2.15. The highest BCUT2D eigenvalue weighted by Gasteiger charge is 2.35. The van der Waals surface area contributed by atoms with Gasteiger partial charge in [0.05, 0.1) is 6.61 Å². The van der Waals surface area contributed by atoms with Crippen molar-refractivity contribution in [2.45, 2.75) is 26.9 Å². The molecular formula is C22H23F3N4O. The number of halogens is 3. The summed E-state index contributed by atoms with van der Waals surface area (Å²) in [5.74, 6) is 0.851. The van der Waals surface area contributed by atoms with Crippen LogP contribution in [-0.4, -0.2) is 16.6 Å². The molecule has 5 nitrogen and oxygen atoms in total. The molecule has 0 amide bonds. The van der Waals surface area contributed by atoms with E-state index in [1.807, 2.05) is 13.0 Å². The minimum Gasteiger partial charge on any atom is -0.493 e. The summed E-state index contributed by atoms with van der Waals surface area (Å²) >= 11 is 0. The van der Waals surface area contributed by atoms with Crippen molar-refractivity contribution in [2.75, 3.05) is 17.2 Å². The molecule has 0 radical (unpaired) electrons. The van der Waals surface area contributed by atoms with Crippen LogP contribution >= 0.6 is 0 Å². The fourth-order valence-electron chi connectivity index (χ4n) is 2.63. The minimum atomic E-state index is -4.58. The lowest BCUT2D eigenvalue weighted by atomic mass is 10.2. The van der Waals surface area contributed by atoms with Gasteiger partial charge in [0, 0.05) is 17.6 Å². The van der Waals surface area contributed by atoms with Crippen LogP contribution in [0.3, 0.4) is 0 Å². The normalized spacial score (nSPS) is 11.4. The number of anilines is 4. The molecule has 2 aromatic carbocycles. The van der Waals surface area contributed by atoms with Crippen LogP contribution in [0.25, 0.3) is 0 Å². The van der Waals surface area contributed by atoms with E-state index in [0.717, 1.165) is 11.8 Å². The highest BCUT2D eigenvalue weighted by atomic mass is 19.4. The molecule has 0 aliphatic rings. The van der Waals surface area contributed by atoms with E-state index in [0.29, 0.717) is 29.6 Å². The van der Waals surface area contributed by atoms with Gasteiger partial charge in [-0.25, -0.2) is 4.98 Å². The summed E-state index contributed by atoms with van der Waals surface area (Å²) in [5, 5.41) is 5.68. The second-order valence-electron chi connectivity index (χ2n) is 7.30. The van der Waals surface area contributed by atoms with Crippen LogP contribution in [0.4, 0.5) is 36.3 Å². The van der Waals surface area contributed by atoms with Crippen LogP contribution < -0.4 is 15.4 Å². The first-order chi connectivity index (χ1) is 14.2. The predicted octanol–water partition coefficient (Wildman–Crippen LogP) is 6.33. The molecule has 0 fully saturated rings. The number of benzene rings is 2. The van der Waals surface area contributed by atoms with Gasteiger partial charge in [-0.1, -0.05) is 26.0 Å². The number of hydrogen-bond acceptors (Lipinski definition) is 5. The first-order valence-electron chi connectivity index (χ1n) is 9.48. The molecule has 0 aliphatic carbocycles. The summed E-state index contributed by atoms with van der Waals surface area (Å²) < 4.78 is 45.9. The van der Waals surface area contributed by atoms with E-state index in [9.17, 15) is 13.2 Å². The average molecular weight is 416 g/mol. The third kappa shape index (κ3) is 5.85. The third-order valence-corrected chi connectivity index (χ3v) is 4.07. The van der Waals surface area contributed by atoms with Gasteiger partial charge in [0.15, 0.2) is 0 Å². The first-order valence-corrected chi connectivity index (χ1v) is 9.48. The van der Waals surface area contributed by atoms with Crippen molar-refractivity contribution >= 4 is 23.1 Å². The number of hydrogen-bond donors (Lipinski definition) is 2. The standard InChI is InChI=1S/C22H23F3N4O/c1-14(2)13-30-18-9-7-16(8-10-18)28-21-26-12-19(22(23,24)25)20(29-21)27-17-6-4-5-15(3)11-17/h4-12,14H,13H2,1-3H3,(H2,26,27,28,29). The average Bonchev–Trinajstić information content (AvgIpc) is 2.67. The highest BCUT2D eigenvalue weighted by Crippen LogP contribution is 2.35. The number of nitrogens with one attached hydrogen (secondary N) is 2. The van der Waals surface area contributed by atoms with Crippen LogP contribution in [-0.2, 0) is 6.18 Å². The van der Waals surface area contributed by atoms with Crippen LogP contribution in [0.2, 0.25) is 0 Å². The van der Waals surface area contributed by atoms with Crippen LogP contribution in [0, 0.1) is 12.8 Å². The van der Waals surface area contributed by atoms with E-state index in [4.69, 9.17) is 4.74 Å². The van der Waals surface area contributed by atoms with E-state index in [-0.39, 0.29) is 11.8 Å². The summed E-state index contributed by atoms with van der Waals surface area (Å²) in [5.41, 5.74) is 1.12. The first kappa shape index (κ1) is 21.4. The Kier molecular flexibility index (Phi) is 6.44. The van der Waals surface area contributed by atoms with Crippen molar-refractivity contribution in [2.24, 2.45) is 5.92 Å². The molecule has 0 bridgehead atoms. The molecule has 158 valence electrons. The summed E-state index contributed by atoms with van der Waals surface area (Å²) in [6, 6.07) is 14.1. The van der Waals surface area contributed by atoms with E-state index in [1.165, 1.54) is 0 Å². The third-order valence-electron chi connectivity index (χ3n) is 4.07. The Hall–Kier alpha value is -3.29. The maximum atomic E-state index is 13.4. The molecule has 0 saturated heterocycles. The lowest BCUT2D eigenvalue weighted by Crippen LogP contribution is -2.12. The zero-order chi connectivity index (χ0) is 21.7. The van der Waals surface area contributed by atoms with Gasteiger partial charge in [0.2, 0.25) is 5.95 Å². The summed E-state index contributed by atoms with van der Waals surface area (Å²) in [7, 11) is 0. The van der Waals surface area contributed by atoms with Gasteiger partial charge in [-0.2, -0.15) is 18.2 Å². The Morgan fingerprint density at radius 2 is 1.73 bits per heavy atom. The molecule has 0 spiro atoms. The van der Waals surface area contributed by atoms with Crippen molar-refractivity contribution in [3.63, 3.8) is 0 Å². The van der Waals surface area contributed by atoms with Crippen molar-refractivity contribution in [1.82, 2.24) is 9.97 Å².